The Morgan fingerprint density at radius 3 is 1.66 bits per heavy atom. The zero-order valence-electron chi connectivity index (χ0n) is 50.9. The van der Waals surface area contributed by atoms with E-state index in [0.717, 1.165) is 65.5 Å². The van der Waals surface area contributed by atoms with Crippen LogP contribution in [0.3, 0.4) is 0 Å². The zero-order chi connectivity index (χ0) is 59.9. The van der Waals surface area contributed by atoms with Crippen LogP contribution in [0, 0.1) is 10.7 Å². The van der Waals surface area contributed by atoms with E-state index < -0.39 is 5.41 Å². The topological polar surface area (TPSA) is 36.9 Å². The molecule has 430 valence electrons. The molecule has 0 fully saturated rings. The molecule has 13 aromatic rings. The van der Waals surface area contributed by atoms with Crippen LogP contribution in [0.1, 0.15) is 107 Å². The van der Waals surface area contributed by atoms with Gasteiger partial charge in [-0.2, -0.15) is 0 Å². The third-order valence-corrected chi connectivity index (χ3v) is 20.3. The Balaban J connectivity index is 0.904. The van der Waals surface area contributed by atoms with Crippen LogP contribution in [0.15, 0.2) is 240 Å². The van der Waals surface area contributed by atoms with Gasteiger partial charge in [-0.3, -0.25) is 0 Å². The van der Waals surface area contributed by atoms with Gasteiger partial charge in [0, 0.05) is 16.0 Å². The number of imidazole rings is 1. The zero-order valence-corrected chi connectivity index (χ0v) is 53.9. The first-order valence-corrected chi connectivity index (χ1v) is 32.2. The van der Waals surface area contributed by atoms with Gasteiger partial charge in [-0.15, -0.1) is 0 Å². The first-order chi connectivity index (χ1) is 41.8. The van der Waals surface area contributed by atoms with Gasteiger partial charge < -0.3 is 0 Å². The number of hydrogen-bond donors (Lipinski definition) is 0. The molecule has 4 heterocycles. The molecule has 3 aromatic heterocycles. The van der Waals surface area contributed by atoms with E-state index in [9.17, 15) is 0 Å². The predicted octanol–water partition coefficient (Wildman–Crippen LogP) is 21.1. The molecule has 10 aromatic carbocycles. The molecule has 87 heavy (non-hydrogen) atoms. The maximum atomic E-state index is 7.11. The normalized spacial score (nSPS) is 13.5. The van der Waals surface area contributed by atoms with Gasteiger partial charge in [0.15, 0.2) is 0 Å². The SMILES string of the molecule is Cc1ccnc(-n2c3cc(Oc4cccc(-n5[c](=[Pt])n(-c6c(-c7ccccc7)cc(C(C)(C)C)cc6-c6cc(C(C)(C)C)cc(C(C)(C)C)c6)c6ccccc65)c4)ccc3c3cc4c(cc32)C2(c3ccccc3Sc3ccccc32)c2ccccc2-4)c1. The first-order valence-electron chi connectivity index (χ1n) is 30.2. The molecule has 1 spiro atoms. The molecule has 0 saturated heterocycles. The summed E-state index contributed by atoms with van der Waals surface area (Å²) in [6.07, 6.45) is 1.93. The Kier molecular flexibility index (Phi) is 12.8. The second-order valence-electron chi connectivity index (χ2n) is 26.8. The van der Waals surface area contributed by atoms with E-state index in [0.29, 0.717) is 0 Å². The van der Waals surface area contributed by atoms with Crippen molar-refractivity contribution in [1.82, 2.24) is 18.7 Å². The molecule has 0 unspecified atom stereocenters. The van der Waals surface area contributed by atoms with E-state index in [2.05, 4.69) is 327 Å². The Bertz CT molecular complexity index is 4960. The Labute approximate surface area is 525 Å². The van der Waals surface area contributed by atoms with E-state index in [1.54, 1.807) is 0 Å². The predicted molar refractivity (Wildman–Crippen MR) is 358 cm³/mol. The smallest absolute Gasteiger partial charge is 0.0894 e. The number of benzene rings is 10. The molecule has 0 atom stereocenters. The molecule has 7 heteroatoms. The van der Waals surface area contributed by atoms with Crippen LogP contribution >= 0.6 is 11.8 Å². The quantitative estimate of drug-likeness (QED) is 0.160. The summed E-state index contributed by atoms with van der Waals surface area (Å²) in [5.74, 6) is 2.34. The van der Waals surface area contributed by atoms with Gasteiger partial charge in [-0.05, 0) is 64.1 Å². The van der Waals surface area contributed by atoms with Crippen LogP contribution in [-0.4, -0.2) is 18.7 Å². The molecule has 0 saturated carbocycles. The summed E-state index contributed by atoms with van der Waals surface area (Å²) in [5, 5.41) is 2.31. The molecule has 0 radical (unpaired) electrons. The van der Waals surface area contributed by atoms with Crippen molar-refractivity contribution < 1.29 is 24.1 Å². The second kappa shape index (κ2) is 20.3. The van der Waals surface area contributed by atoms with Gasteiger partial charge in [0.05, 0.1) is 5.41 Å². The molecular weight excluding hydrogens is 1260 g/mol. The number of para-hydroxylation sites is 2. The number of nitrogens with zero attached hydrogens (tertiary/aromatic N) is 4. The number of hydrogen-bond acceptors (Lipinski definition) is 3. The number of aryl methyl sites for hydroxylation is 1. The van der Waals surface area contributed by atoms with Crippen molar-refractivity contribution in [2.75, 3.05) is 0 Å². The van der Waals surface area contributed by atoms with E-state index in [1.807, 2.05) is 18.0 Å². The molecule has 2 aliphatic rings. The van der Waals surface area contributed by atoms with Gasteiger partial charge in [0.25, 0.3) is 0 Å². The van der Waals surface area contributed by atoms with Crippen molar-refractivity contribution >= 4 is 44.6 Å². The Hall–Kier alpha value is -8.54. The molecule has 0 N–H and O–H groups in total. The number of pyridine rings is 1. The summed E-state index contributed by atoms with van der Waals surface area (Å²) >= 11 is 4.45. The minimum absolute atomic E-state index is 0.0689. The summed E-state index contributed by atoms with van der Waals surface area (Å²) < 4.78 is 15.4. The monoisotopic (exact) mass is 1330 g/mol. The van der Waals surface area contributed by atoms with Gasteiger partial charge >= 0.3 is 371 Å². The van der Waals surface area contributed by atoms with Crippen LogP contribution in [0.2, 0.25) is 0 Å². The molecule has 1 aliphatic heterocycles. The van der Waals surface area contributed by atoms with Gasteiger partial charge in [0.2, 0.25) is 0 Å². The summed E-state index contributed by atoms with van der Waals surface area (Å²) in [6.45, 7) is 23.1. The fraction of sp³-hybridized carbons (Fsp3) is 0.175. The standard InChI is InChI=1S/C80H68N4OS.Pt/c1-50-37-38-81-75(39-50)84-71-46-58(35-36-60(71)64-47-63-59-27-14-15-28-65(59)80(68(63)48-72(64)84)66-29-16-20-33-73(66)86-74-34-21-17-30-67(74)80)85-57-26-22-25-56(45-57)82-49-83(70-32-19-18-31-69(70)82)76-61(51-23-12-11-13-24-51)43-55(79(8,9)10)44-62(76)52-40-53(77(2,3)4)42-54(41-52)78(5,6)7;/h11-48H,1-10H3;. The average molecular weight is 1330 g/mol. The summed E-state index contributed by atoms with van der Waals surface area (Å²) in [5.41, 5.74) is 23.3. The van der Waals surface area contributed by atoms with Crippen molar-refractivity contribution in [3.05, 3.63) is 279 Å². The van der Waals surface area contributed by atoms with Crippen molar-refractivity contribution in [1.29, 1.82) is 0 Å². The number of ether oxygens (including phenoxy) is 1. The van der Waals surface area contributed by atoms with Crippen LogP contribution in [-0.2, 0) is 41.0 Å². The maximum absolute atomic E-state index is 7.11. The van der Waals surface area contributed by atoms with Crippen molar-refractivity contribution in [3.63, 3.8) is 0 Å². The third kappa shape index (κ3) is 8.91. The second-order valence-corrected chi connectivity index (χ2v) is 28.9. The van der Waals surface area contributed by atoms with Gasteiger partial charge in [-0.1, -0.05) is 72.4 Å². The first kappa shape index (κ1) is 55.1. The van der Waals surface area contributed by atoms with E-state index in [-0.39, 0.29) is 16.2 Å². The van der Waals surface area contributed by atoms with Crippen LogP contribution in [0.4, 0.5) is 0 Å². The fourth-order valence-corrected chi connectivity index (χ4v) is 16.0. The van der Waals surface area contributed by atoms with E-state index in [1.165, 1.54) is 87.5 Å². The summed E-state index contributed by atoms with van der Waals surface area (Å²) in [6, 6.07) is 83.5. The summed E-state index contributed by atoms with van der Waals surface area (Å²) in [4.78, 5) is 7.68. The van der Waals surface area contributed by atoms with E-state index in [4.69, 9.17) is 9.72 Å². The van der Waals surface area contributed by atoms with Crippen LogP contribution in [0.5, 0.6) is 11.5 Å². The minimum atomic E-state index is -0.515. The van der Waals surface area contributed by atoms with Crippen LogP contribution < -0.4 is 4.74 Å². The molecule has 0 amide bonds. The van der Waals surface area contributed by atoms with Gasteiger partial charge in [0.1, 0.15) is 0 Å². The van der Waals surface area contributed by atoms with Crippen molar-refractivity contribution in [2.45, 2.75) is 101 Å². The summed E-state index contributed by atoms with van der Waals surface area (Å²) in [7, 11) is 0. The minimum Gasteiger partial charge on any atom is -0.0894 e. The molecular formula is C80H68N4OPtS. The molecule has 0 bridgehead atoms. The Morgan fingerprint density at radius 1 is 0.414 bits per heavy atom. The molecule has 15 rings (SSSR count). The third-order valence-electron chi connectivity index (χ3n) is 18.1. The van der Waals surface area contributed by atoms with Crippen molar-refractivity contribution in [2.24, 2.45) is 0 Å². The van der Waals surface area contributed by atoms with Crippen molar-refractivity contribution in [3.8, 4) is 62.1 Å². The number of fused-ring (bicyclic) bond motifs is 13. The molecule has 5 nitrogen and oxygen atoms in total. The van der Waals surface area contributed by atoms with E-state index >= 15 is 0 Å². The number of rotatable bonds is 7. The van der Waals surface area contributed by atoms with Gasteiger partial charge in [-0.25, -0.2) is 0 Å². The average Bonchev–Trinajstić information content (AvgIpc) is 1.55. The fourth-order valence-electron chi connectivity index (χ4n) is 13.7. The molecule has 1 aliphatic carbocycles. The van der Waals surface area contributed by atoms with Crippen LogP contribution in [0.25, 0.3) is 83.4 Å². The Morgan fingerprint density at radius 2 is 0.989 bits per heavy atom. The number of aromatic nitrogens is 4.